The molecule has 0 saturated heterocycles. The molecular formula is H5CaClKNa. The van der Waals surface area contributed by atoms with Gasteiger partial charge in [0.15, 0.2) is 0 Å². The van der Waals surface area contributed by atoms with Gasteiger partial charge in [0.05, 0.1) is 0 Å². The van der Waals surface area contributed by atoms with Crippen molar-refractivity contribution in [2.75, 3.05) is 0 Å². The topological polar surface area (TPSA) is 0 Å². The van der Waals surface area contributed by atoms with E-state index in [0.29, 0.717) is 0 Å². The zero-order valence-corrected chi connectivity index (χ0v) is 1.22. The maximum absolute atomic E-state index is 0. The molecule has 0 rings (SSSR count). The Balaban J connectivity index is 0. The molecule has 0 fully saturated rings. The summed E-state index contributed by atoms with van der Waals surface area (Å²) in [4.78, 5) is 0. The summed E-state index contributed by atoms with van der Waals surface area (Å²) in [6, 6.07) is 0. The van der Waals surface area contributed by atoms with E-state index in [1.807, 2.05) is 0 Å². The Hall–Kier alpha value is 4.19. The Morgan fingerprint density at radius 1 is 1.00 bits per heavy atom. The average molecular weight is 143 g/mol. The zero-order valence-electron chi connectivity index (χ0n) is 0.408. The summed E-state index contributed by atoms with van der Waals surface area (Å²) in [7, 11) is 0. The normalized spacial score (nSPS) is 0. The molecule has 4 heteroatoms. The predicted octanol–water partition coefficient (Wildman–Crippen LogP) is -1.79. The Morgan fingerprint density at radius 2 is 1.00 bits per heavy atom. The van der Waals surface area contributed by atoms with Crippen LogP contribution in [0.5, 0.6) is 0 Å². The van der Waals surface area contributed by atoms with Crippen molar-refractivity contribution >= 4 is 131 Å². The molecule has 0 heterocycles. The fourth-order valence-corrected chi connectivity index (χ4v) is 0. The first-order valence-corrected chi connectivity index (χ1v) is 0. The molecule has 0 radical (unpaired) electrons. The molecule has 0 aromatic heterocycles. The first-order valence-electron chi connectivity index (χ1n) is 0. The maximum atomic E-state index is 0. The second-order valence-electron chi connectivity index (χ2n) is 0. The summed E-state index contributed by atoms with van der Waals surface area (Å²) in [6.45, 7) is 0. The van der Waals surface area contributed by atoms with Crippen molar-refractivity contribution in [1.29, 1.82) is 0 Å². The number of rotatable bonds is 0. The predicted molar refractivity (Wildman–Crippen MR) is 30.1 cm³/mol. The third kappa shape index (κ3) is 9.49. The molecule has 0 aromatic carbocycles. The zero-order chi connectivity index (χ0) is 0. The van der Waals surface area contributed by atoms with Gasteiger partial charge in [-0.2, -0.15) is 0 Å². The van der Waals surface area contributed by atoms with Crippen molar-refractivity contribution in [2.24, 2.45) is 0 Å². The molecule has 0 amide bonds. The van der Waals surface area contributed by atoms with E-state index in [2.05, 4.69) is 0 Å². The molecule has 4 heavy (non-hydrogen) atoms. The van der Waals surface area contributed by atoms with Crippen LogP contribution in [-0.4, -0.2) is 119 Å². The Labute approximate surface area is 127 Å². The van der Waals surface area contributed by atoms with Crippen LogP contribution in [-0.2, 0) is 0 Å². The molecule has 0 bridgehead atoms. The SMILES string of the molecule is Cl.[CaH2].[KH].[NaH]. The summed E-state index contributed by atoms with van der Waals surface area (Å²) in [5.41, 5.74) is 0. The van der Waals surface area contributed by atoms with Crippen LogP contribution in [0.25, 0.3) is 0 Å². The van der Waals surface area contributed by atoms with Crippen molar-refractivity contribution in [3.05, 3.63) is 0 Å². The van der Waals surface area contributed by atoms with Gasteiger partial charge in [0.2, 0.25) is 0 Å². The van der Waals surface area contributed by atoms with Crippen LogP contribution < -0.4 is 0 Å². The van der Waals surface area contributed by atoms with Gasteiger partial charge in [0.1, 0.15) is 0 Å². The second kappa shape index (κ2) is 15.7. The molecule has 0 aliphatic rings. The summed E-state index contributed by atoms with van der Waals surface area (Å²) in [5.74, 6) is 0. The standard InChI is InChI=1S/Ca.ClH.K.Na.4H/h;1H;;;;;;. The molecule has 0 aliphatic heterocycles. The van der Waals surface area contributed by atoms with E-state index in [9.17, 15) is 0 Å². The fourth-order valence-electron chi connectivity index (χ4n) is 0. The van der Waals surface area contributed by atoms with Gasteiger partial charge in [-0.3, -0.25) is 0 Å². The Bertz CT molecular complexity index is 8.00. The third-order valence-electron chi connectivity index (χ3n) is 0. The van der Waals surface area contributed by atoms with Crippen LogP contribution in [0.15, 0.2) is 0 Å². The van der Waals surface area contributed by atoms with Crippen LogP contribution in [0.2, 0.25) is 0 Å². The van der Waals surface area contributed by atoms with E-state index in [1.165, 1.54) is 0 Å². The average Bonchev–Trinajstić information content (AvgIpc) is 0. The Morgan fingerprint density at radius 3 is 1.00 bits per heavy atom. The van der Waals surface area contributed by atoms with Crippen LogP contribution in [0.4, 0.5) is 0 Å². The first-order chi connectivity index (χ1) is 0. The Kier molecular flexibility index (Phi) is 94.6. The fraction of sp³-hybridized carbons (Fsp3) is 0. The molecular weight excluding hydrogens is 138 g/mol. The van der Waals surface area contributed by atoms with Gasteiger partial charge in [-0.25, -0.2) is 0 Å². The third-order valence-corrected chi connectivity index (χ3v) is 0. The van der Waals surface area contributed by atoms with Gasteiger partial charge in [0, 0.05) is 0 Å². The van der Waals surface area contributed by atoms with E-state index >= 15 is 0 Å². The summed E-state index contributed by atoms with van der Waals surface area (Å²) in [5, 5.41) is 0. The van der Waals surface area contributed by atoms with Crippen molar-refractivity contribution in [2.45, 2.75) is 0 Å². The molecule has 16 valence electrons. The van der Waals surface area contributed by atoms with Crippen molar-refractivity contribution in [3.8, 4) is 0 Å². The molecule has 0 spiro atoms. The van der Waals surface area contributed by atoms with Gasteiger partial charge in [-0.1, -0.05) is 0 Å². The van der Waals surface area contributed by atoms with E-state index in [0.717, 1.165) is 0 Å². The van der Waals surface area contributed by atoms with Gasteiger partial charge in [0.25, 0.3) is 0 Å². The molecule has 0 N–H and O–H groups in total. The minimum atomic E-state index is 0. The molecule has 0 aliphatic carbocycles. The number of hydrogen-bond donors (Lipinski definition) is 0. The summed E-state index contributed by atoms with van der Waals surface area (Å²) >= 11 is 0. The van der Waals surface area contributed by atoms with E-state index < -0.39 is 0 Å². The molecule has 0 atom stereocenters. The van der Waals surface area contributed by atoms with Gasteiger partial charge >= 0.3 is 119 Å². The molecule has 0 saturated carbocycles. The second-order valence-corrected chi connectivity index (χ2v) is 0. The minimum absolute atomic E-state index is 0. The van der Waals surface area contributed by atoms with E-state index in [1.54, 1.807) is 0 Å². The quantitative estimate of drug-likeness (QED) is 0.351. The van der Waals surface area contributed by atoms with Crippen LogP contribution in [0, 0.1) is 0 Å². The van der Waals surface area contributed by atoms with E-state index in [4.69, 9.17) is 0 Å². The van der Waals surface area contributed by atoms with Crippen molar-refractivity contribution in [3.63, 3.8) is 0 Å². The van der Waals surface area contributed by atoms with E-state index in [-0.39, 0.29) is 131 Å². The summed E-state index contributed by atoms with van der Waals surface area (Å²) in [6.07, 6.45) is 0. The first kappa shape index (κ1) is 24.1. The van der Waals surface area contributed by atoms with Gasteiger partial charge in [-0.05, 0) is 0 Å². The number of hydrogen-bond acceptors (Lipinski definition) is 0. The molecule has 0 aromatic rings. The van der Waals surface area contributed by atoms with Crippen LogP contribution in [0.3, 0.4) is 0 Å². The van der Waals surface area contributed by atoms with Gasteiger partial charge in [-0.15, -0.1) is 12.4 Å². The summed E-state index contributed by atoms with van der Waals surface area (Å²) < 4.78 is 0. The molecule has 0 nitrogen and oxygen atoms in total. The van der Waals surface area contributed by atoms with Crippen LogP contribution in [0.1, 0.15) is 0 Å². The van der Waals surface area contributed by atoms with Gasteiger partial charge < -0.3 is 0 Å². The van der Waals surface area contributed by atoms with Crippen molar-refractivity contribution in [1.82, 2.24) is 0 Å². The van der Waals surface area contributed by atoms with Crippen molar-refractivity contribution < 1.29 is 0 Å². The van der Waals surface area contributed by atoms with Crippen LogP contribution >= 0.6 is 12.4 Å². The molecule has 0 unspecified atom stereocenters. The number of halogens is 1. The monoisotopic (exact) mass is 142 g/mol.